The summed E-state index contributed by atoms with van der Waals surface area (Å²) in [5.41, 5.74) is 1.26. The van der Waals surface area contributed by atoms with Crippen molar-refractivity contribution in [2.45, 2.75) is 57.3 Å². The molecule has 1 heterocycles. The van der Waals surface area contributed by atoms with Gasteiger partial charge in [0.15, 0.2) is 0 Å². The van der Waals surface area contributed by atoms with Crippen molar-refractivity contribution in [1.29, 1.82) is 0 Å². The Morgan fingerprint density at radius 1 is 1.20 bits per heavy atom. The van der Waals surface area contributed by atoms with E-state index in [4.69, 9.17) is 9.47 Å². The smallest absolute Gasteiger partial charge is 0.220 e. The number of benzene rings is 1. The highest BCUT2D eigenvalue weighted by Crippen LogP contribution is 2.35. The molecule has 2 aliphatic rings. The molecule has 25 heavy (non-hydrogen) atoms. The van der Waals surface area contributed by atoms with Crippen molar-refractivity contribution < 1.29 is 14.3 Å². The summed E-state index contributed by atoms with van der Waals surface area (Å²) in [7, 11) is 0. The SMILES string of the molecule is CCOc1ccc(C2(CNC(=O)CC3CCCC3)CCOCC2)cc1. The Morgan fingerprint density at radius 3 is 2.52 bits per heavy atom. The van der Waals surface area contributed by atoms with E-state index in [0.29, 0.717) is 25.5 Å². The van der Waals surface area contributed by atoms with Crippen LogP contribution in [0, 0.1) is 5.92 Å². The van der Waals surface area contributed by atoms with Crippen LogP contribution in [0.15, 0.2) is 24.3 Å². The molecule has 0 bridgehead atoms. The Balaban J connectivity index is 1.64. The molecule has 0 spiro atoms. The Hall–Kier alpha value is -1.55. The minimum absolute atomic E-state index is 0.0195. The first-order chi connectivity index (χ1) is 12.2. The average Bonchev–Trinajstić information content (AvgIpc) is 3.15. The van der Waals surface area contributed by atoms with E-state index in [1.165, 1.54) is 31.2 Å². The highest BCUT2D eigenvalue weighted by molar-refractivity contribution is 5.76. The molecule has 0 aromatic heterocycles. The minimum atomic E-state index is -0.0195. The highest BCUT2D eigenvalue weighted by Gasteiger charge is 2.35. The van der Waals surface area contributed by atoms with E-state index in [1.54, 1.807) is 0 Å². The van der Waals surface area contributed by atoms with Gasteiger partial charge in [0, 0.05) is 31.6 Å². The van der Waals surface area contributed by atoms with Gasteiger partial charge in [-0.05, 0) is 56.2 Å². The van der Waals surface area contributed by atoms with Crippen LogP contribution in [0.3, 0.4) is 0 Å². The normalized spacial score (nSPS) is 20.4. The predicted molar refractivity (Wildman–Crippen MR) is 98.9 cm³/mol. The van der Waals surface area contributed by atoms with Gasteiger partial charge < -0.3 is 14.8 Å². The molecule has 1 N–H and O–H groups in total. The third kappa shape index (κ3) is 4.75. The second-order valence-electron chi connectivity index (χ2n) is 7.48. The molecule has 1 saturated carbocycles. The van der Waals surface area contributed by atoms with E-state index in [2.05, 4.69) is 17.4 Å². The van der Waals surface area contributed by atoms with Crippen LogP contribution < -0.4 is 10.1 Å². The molecule has 138 valence electrons. The van der Waals surface area contributed by atoms with Crippen molar-refractivity contribution in [3.05, 3.63) is 29.8 Å². The highest BCUT2D eigenvalue weighted by atomic mass is 16.5. The Morgan fingerprint density at radius 2 is 1.88 bits per heavy atom. The molecule has 0 radical (unpaired) electrons. The number of carbonyl (C=O) groups excluding carboxylic acids is 1. The van der Waals surface area contributed by atoms with Gasteiger partial charge in [0.2, 0.25) is 5.91 Å². The van der Waals surface area contributed by atoms with Crippen LogP contribution in [0.1, 0.15) is 57.4 Å². The molecule has 1 aromatic carbocycles. The zero-order chi connectivity index (χ0) is 17.5. The molecular formula is C21H31NO3. The molecule has 0 atom stereocenters. The first-order valence-corrected chi connectivity index (χ1v) is 9.80. The monoisotopic (exact) mass is 345 g/mol. The first-order valence-electron chi connectivity index (χ1n) is 9.80. The van der Waals surface area contributed by atoms with Gasteiger partial charge in [-0.25, -0.2) is 0 Å². The Labute approximate surface area is 151 Å². The summed E-state index contributed by atoms with van der Waals surface area (Å²) < 4.78 is 11.1. The molecule has 4 nitrogen and oxygen atoms in total. The first kappa shape index (κ1) is 18.2. The summed E-state index contributed by atoms with van der Waals surface area (Å²) in [6, 6.07) is 8.38. The van der Waals surface area contributed by atoms with E-state index >= 15 is 0 Å². The minimum Gasteiger partial charge on any atom is -0.494 e. The number of hydrogen-bond acceptors (Lipinski definition) is 3. The van der Waals surface area contributed by atoms with E-state index in [9.17, 15) is 4.79 Å². The van der Waals surface area contributed by atoms with E-state index < -0.39 is 0 Å². The lowest BCUT2D eigenvalue weighted by Crippen LogP contribution is -2.44. The van der Waals surface area contributed by atoms with E-state index in [-0.39, 0.29) is 11.3 Å². The van der Waals surface area contributed by atoms with Crippen molar-refractivity contribution in [3.8, 4) is 5.75 Å². The Bertz CT molecular complexity index is 543. The summed E-state index contributed by atoms with van der Waals surface area (Å²) in [6.45, 7) is 4.89. The third-order valence-corrected chi connectivity index (χ3v) is 5.80. The van der Waals surface area contributed by atoms with Crippen molar-refractivity contribution in [2.75, 3.05) is 26.4 Å². The molecule has 1 aliphatic heterocycles. The van der Waals surface area contributed by atoms with Gasteiger partial charge in [-0.15, -0.1) is 0 Å². The van der Waals surface area contributed by atoms with Crippen LogP contribution in [0.2, 0.25) is 0 Å². The van der Waals surface area contributed by atoms with Gasteiger partial charge in [-0.3, -0.25) is 4.79 Å². The van der Waals surface area contributed by atoms with Gasteiger partial charge >= 0.3 is 0 Å². The molecule has 2 fully saturated rings. The van der Waals surface area contributed by atoms with Crippen molar-refractivity contribution in [1.82, 2.24) is 5.32 Å². The standard InChI is InChI=1S/C21H31NO3/c1-2-25-19-9-7-18(8-10-19)21(11-13-24-14-12-21)16-22-20(23)15-17-5-3-4-6-17/h7-10,17H,2-6,11-16H2,1H3,(H,22,23). The molecule has 3 rings (SSSR count). The fraction of sp³-hybridized carbons (Fsp3) is 0.667. The number of hydrogen-bond donors (Lipinski definition) is 1. The maximum atomic E-state index is 12.4. The lowest BCUT2D eigenvalue weighted by molar-refractivity contribution is -0.122. The molecule has 1 aromatic rings. The zero-order valence-electron chi connectivity index (χ0n) is 15.4. The number of rotatable bonds is 7. The van der Waals surface area contributed by atoms with E-state index in [0.717, 1.165) is 31.8 Å². The number of ether oxygens (including phenoxy) is 2. The third-order valence-electron chi connectivity index (χ3n) is 5.80. The maximum absolute atomic E-state index is 12.4. The molecule has 1 amide bonds. The van der Waals surface area contributed by atoms with Crippen molar-refractivity contribution in [2.24, 2.45) is 5.92 Å². The quantitative estimate of drug-likeness (QED) is 0.817. The van der Waals surface area contributed by atoms with Gasteiger partial charge in [0.25, 0.3) is 0 Å². The molecule has 1 aliphatic carbocycles. The Kier molecular flexibility index (Phi) is 6.35. The molecule has 0 unspecified atom stereocenters. The van der Waals surface area contributed by atoms with Gasteiger partial charge in [0.05, 0.1) is 6.61 Å². The van der Waals surface area contributed by atoms with Crippen molar-refractivity contribution in [3.63, 3.8) is 0 Å². The van der Waals surface area contributed by atoms with Crippen LogP contribution in [0.25, 0.3) is 0 Å². The predicted octanol–water partition coefficient (Wildman–Crippen LogP) is 3.83. The van der Waals surface area contributed by atoms with Crippen LogP contribution in [-0.4, -0.2) is 32.3 Å². The number of nitrogens with one attached hydrogen (secondary N) is 1. The molecule has 1 saturated heterocycles. The summed E-state index contributed by atoms with van der Waals surface area (Å²) in [5.74, 6) is 1.71. The topological polar surface area (TPSA) is 47.6 Å². The lowest BCUT2D eigenvalue weighted by Gasteiger charge is -2.38. The largest absolute Gasteiger partial charge is 0.494 e. The average molecular weight is 345 g/mol. The zero-order valence-corrected chi connectivity index (χ0v) is 15.4. The molecule has 4 heteroatoms. The van der Waals surface area contributed by atoms with Crippen LogP contribution in [-0.2, 0) is 14.9 Å². The van der Waals surface area contributed by atoms with Crippen molar-refractivity contribution >= 4 is 5.91 Å². The second kappa shape index (κ2) is 8.70. The maximum Gasteiger partial charge on any atom is 0.220 e. The fourth-order valence-electron chi connectivity index (χ4n) is 4.22. The number of amides is 1. The summed E-state index contributed by atoms with van der Waals surface area (Å²) in [4.78, 5) is 12.4. The fourth-order valence-corrected chi connectivity index (χ4v) is 4.22. The summed E-state index contributed by atoms with van der Waals surface area (Å²) in [5, 5.41) is 3.23. The summed E-state index contributed by atoms with van der Waals surface area (Å²) in [6.07, 6.45) is 7.58. The van der Waals surface area contributed by atoms with E-state index in [1.807, 2.05) is 19.1 Å². The summed E-state index contributed by atoms with van der Waals surface area (Å²) >= 11 is 0. The van der Waals surface area contributed by atoms with Gasteiger partial charge in [-0.2, -0.15) is 0 Å². The van der Waals surface area contributed by atoms with Gasteiger partial charge in [-0.1, -0.05) is 25.0 Å². The second-order valence-corrected chi connectivity index (χ2v) is 7.48. The number of carbonyl (C=O) groups is 1. The van der Waals surface area contributed by atoms with Crippen LogP contribution in [0.5, 0.6) is 5.75 Å². The van der Waals surface area contributed by atoms with Crippen LogP contribution >= 0.6 is 0 Å². The van der Waals surface area contributed by atoms with Gasteiger partial charge in [0.1, 0.15) is 5.75 Å². The van der Waals surface area contributed by atoms with Crippen LogP contribution in [0.4, 0.5) is 0 Å². The lowest BCUT2D eigenvalue weighted by atomic mass is 9.74. The molecular weight excluding hydrogens is 314 g/mol.